The quantitative estimate of drug-likeness (QED) is 0.572. The Morgan fingerprint density at radius 3 is 2.67 bits per heavy atom. The van der Waals surface area contributed by atoms with Gasteiger partial charge >= 0.3 is 0 Å². The highest BCUT2D eigenvalue weighted by atomic mass is 16.2. The van der Waals surface area contributed by atoms with Crippen LogP contribution >= 0.6 is 0 Å². The summed E-state index contributed by atoms with van der Waals surface area (Å²) in [5, 5.41) is 8.41. The van der Waals surface area contributed by atoms with Crippen molar-refractivity contribution in [3.63, 3.8) is 0 Å². The Morgan fingerprint density at radius 1 is 1.56 bits per heavy atom. The molecule has 0 aromatic heterocycles. The van der Waals surface area contributed by atoms with Crippen LogP contribution < -0.4 is 0 Å². The molecule has 0 rings (SSSR count). The molecular weight excluding hydrogens is 112 g/mol. The molecule has 0 heterocycles. The lowest BCUT2D eigenvalue weighted by atomic mass is 10.2. The van der Waals surface area contributed by atoms with Crippen molar-refractivity contribution in [2.75, 3.05) is 6.61 Å². The fraction of sp³-hybridized carbons (Fsp3) is 0.500. The van der Waals surface area contributed by atoms with Crippen LogP contribution in [-0.4, -0.2) is 11.7 Å². The second-order valence-corrected chi connectivity index (χ2v) is 1.96. The van der Waals surface area contributed by atoms with Crippen LogP contribution in [0.15, 0.2) is 23.8 Å². The highest BCUT2D eigenvalue weighted by Gasteiger charge is 1.78. The van der Waals surface area contributed by atoms with Crippen molar-refractivity contribution in [3.8, 4) is 0 Å². The Hall–Kier alpha value is -0.560. The third kappa shape index (κ3) is 5.31. The molecule has 0 unspecified atom stereocenters. The van der Waals surface area contributed by atoms with E-state index in [4.69, 9.17) is 5.11 Å². The molecule has 0 amide bonds. The second-order valence-electron chi connectivity index (χ2n) is 1.96. The van der Waals surface area contributed by atoms with Gasteiger partial charge in [-0.15, -0.1) is 0 Å². The van der Waals surface area contributed by atoms with Crippen molar-refractivity contribution < 1.29 is 5.11 Å². The molecule has 0 radical (unpaired) electrons. The van der Waals surface area contributed by atoms with Crippen molar-refractivity contribution >= 4 is 0 Å². The molecule has 52 valence electrons. The van der Waals surface area contributed by atoms with Crippen LogP contribution in [-0.2, 0) is 0 Å². The summed E-state index contributed by atoms with van der Waals surface area (Å²) < 4.78 is 0. The molecule has 0 aliphatic carbocycles. The number of allylic oxidation sites excluding steroid dienone is 3. The Kier molecular flexibility index (Phi) is 5.23. The lowest BCUT2D eigenvalue weighted by molar-refractivity contribution is 0.302. The average Bonchev–Trinajstić information content (AvgIpc) is 1.85. The minimum absolute atomic E-state index is 0.245. The normalized spacial score (nSPS) is 13.0. The summed E-state index contributed by atoms with van der Waals surface area (Å²) >= 11 is 0. The standard InChI is InChI=1S/C8H14O/c1-3-5-8(2)6-4-7-9/h3,5-6,9H,4,7H2,1-2H3/b5-3+,8-6+. The molecule has 1 N–H and O–H groups in total. The first-order valence-corrected chi connectivity index (χ1v) is 3.21. The van der Waals surface area contributed by atoms with E-state index in [-0.39, 0.29) is 6.61 Å². The molecule has 0 fully saturated rings. The van der Waals surface area contributed by atoms with Crippen LogP contribution in [0.3, 0.4) is 0 Å². The van der Waals surface area contributed by atoms with Crippen LogP contribution in [0.4, 0.5) is 0 Å². The molecule has 0 spiro atoms. The Balaban J connectivity index is 3.55. The van der Waals surface area contributed by atoms with Gasteiger partial charge in [0, 0.05) is 6.61 Å². The van der Waals surface area contributed by atoms with Crippen molar-refractivity contribution in [2.24, 2.45) is 0 Å². The van der Waals surface area contributed by atoms with Gasteiger partial charge in [-0.05, 0) is 20.3 Å². The fourth-order valence-corrected chi connectivity index (χ4v) is 0.623. The van der Waals surface area contributed by atoms with E-state index < -0.39 is 0 Å². The van der Waals surface area contributed by atoms with Crippen LogP contribution in [0.5, 0.6) is 0 Å². The van der Waals surface area contributed by atoms with E-state index in [1.54, 1.807) is 0 Å². The van der Waals surface area contributed by atoms with Gasteiger partial charge in [0.1, 0.15) is 0 Å². The number of hydrogen-bond acceptors (Lipinski definition) is 1. The van der Waals surface area contributed by atoms with Gasteiger partial charge in [-0.1, -0.05) is 23.8 Å². The van der Waals surface area contributed by atoms with Crippen molar-refractivity contribution in [1.29, 1.82) is 0 Å². The number of aliphatic hydroxyl groups excluding tert-OH is 1. The lowest BCUT2D eigenvalue weighted by Gasteiger charge is -1.88. The van der Waals surface area contributed by atoms with E-state index in [1.165, 1.54) is 5.57 Å². The summed E-state index contributed by atoms with van der Waals surface area (Å²) in [5.74, 6) is 0. The van der Waals surface area contributed by atoms with E-state index in [1.807, 2.05) is 32.1 Å². The number of rotatable bonds is 3. The highest BCUT2D eigenvalue weighted by Crippen LogP contribution is 1.95. The second kappa shape index (κ2) is 5.57. The van der Waals surface area contributed by atoms with Gasteiger partial charge in [-0.2, -0.15) is 0 Å². The summed E-state index contributed by atoms with van der Waals surface area (Å²) in [6, 6.07) is 0. The Morgan fingerprint density at radius 2 is 2.22 bits per heavy atom. The molecule has 1 heteroatoms. The zero-order chi connectivity index (χ0) is 7.11. The van der Waals surface area contributed by atoms with Gasteiger partial charge in [0.2, 0.25) is 0 Å². The number of aliphatic hydroxyl groups is 1. The molecule has 9 heavy (non-hydrogen) atoms. The van der Waals surface area contributed by atoms with Crippen LogP contribution in [0.25, 0.3) is 0 Å². The molecule has 0 aromatic rings. The van der Waals surface area contributed by atoms with Gasteiger partial charge in [0.15, 0.2) is 0 Å². The van der Waals surface area contributed by atoms with Crippen LogP contribution in [0.2, 0.25) is 0 Å². The summed E-state index contributed by atoms with van der Waals surface area (Å²) in [7, 11) is 0. The molecule has 0 aromatic carbocycles. The predicted octanol–water partition coefficient (Wildman–Crippen LogP) is 1.89. The molecule has 0 saturated carbocycles. The van der Waals surface area contributed by atoms with E-state index >= 15 is 0 Å². The summed E-state index contributed by atoms with van der Waals surface area (Å²) in [5.41, 5.74) is 1.21. The van der Waals surface area contributed by atoms with Gasteiger partial charge in [0.25, 0.3) is 0 Å². The summed E-state index contributed by atoms with van der Waals surface area (Å²) in [6.45, 7) is 4.25. The van der Waals surface area contributed by atoms with Crippen molar-refractivity contribution in [2.45, 2.75) is 20.3 Å². The molecule has 0 atom stereocenters. The first-order chi connectivity index (χ1) is 4.31. The maximum absolute atomic E-state index is 8.41. The summed E-state index contributed by atoms with van der Waals surface area (Å²) in [6.07, 6.45) is 6.79. The molecule has 0 aliphatic rings. The highest BCUT2D eigenvalue weighted by molar-refractivity contribution is 5.14. The van der Waals surface area contributed by atoms with E-state index in [9.17, 15) is 0 Å². The molecule has 0 aliphatic heterocycles. The monoisotopic (exact) mass is 126 g/mol. The van der Waals surface area contributed by atoms with Crippen LogP contribution in [0.1, 0.15) is 20.3 Å². The van der Waals surface area contributed by atoms with Gasteiger partial charge in [-0.25, -0.2) is 0 Å². The van der Waals surface area contributed by atoms with Gasteiger partial charge < -0.3 is 5.11 Å². The lowest BCUT2D eigenvalue weighted by Crippen LogP contribution is -1.77. The minimum Gasteiger partial charge on any atom is -0.396 e. The minimum atomic E-state index is 0.245. The molecule has 0 bridgehead atoms. The SMILES string of the molecule is C/C=C/C(C)=C/CCO. The Bertz CT molecular complexity index is 112. The Labute approximate surface area is 56.7 Å². The smallest absolute Gasteiger partial charge is 0.0465 e. The molecule has 1 nitrogen and oxygen atoms in total. The fourth-order valence-electron chi connectivity index (χ4n) is 0.623. The van der Waals surface area contributed by atoms with Crippen LogP contribution in [0, 0.1) is 0 Å². The van der Waals surface area contributed by atoms with Crippen molar-refractivity contribution in [3.05, 3.63) is 23.8 Å². The molecular formula is C8H14O. The van der Waals surface area contributed by atoms with Gasteiger partial charge in [-0.3, -0.25) is 0 Å². The van der Waals surface area contributed by atoms with E-state index in [0.717, 1.165) is 6.42 Å². The average molecular weight is 126 g/mol. The zero-order valence-electron chi connectivity index (χ0n) is 6.09. The van der Waals surface area contributed by atoms with Crippen molar-refractivity contribution in [1.82, 2.24) is 0 Å². The van der Waals surface area contributed by atoms with E-state index in [2.05, 4.69) is 0 Å². The molecule has 0 saturated heterocycles. The third-order valence-electron chi connectivity index (χ3n) is 1.02. The largest absolute Gasteiger partial charge is 0.396 e. The first-order valence-electron chi connectivity index (χ1n) is 3.21. The first kappa shape index (κ1) is 8.44. The predicted molar refractivity (Wildman–Crippen MR) is 40.3 cm³/mol. The zero-order valence-corrected chi connectivity index (χ0v) is 6.09. The third-order valence-corrected chi connectivity index (χ3v) is 1.02. The topological polar surface area (TPSA) is 20.2 Å². The maximum atomic E-state index is 8.41. The summed E-state index contributed by atoms with van der Waals surface area (Å²) in [4.78, 5) is 0. The maximum Gasteiger partial charge on any atom is 0.0465 e. The van der Waals surface area contributed by atoms with Gasteiger partial charge in [0.05, 0.1) is 0 Å². The van der Waals surface area contributed by atoms with E-state index in [0.29, 0.717) is 0 Å². The number of hydrogen-bond donors (Lipinski definition) is 1.